The Morgan fingerprint density at radius 1 is 1.17 bits per heavy atom. The summed E-state index contributed by atoms with van der Waals surface area (Å²) in [5.74, 6) is -2.18. The van der Waals surface area contributed by atoms with E-state index in [1.807, 2.05) is 0 Å². The highest BCUT2D eigenvalue weighted by Gasteiger charge is 2.36. The Balaban J connectivity index is 1.91. The SMILES string of the molecule is NC(=O)COc1cccc(/C=C2/C(=O)NC(=O)N(c3ccc([N+](=O)[O-])cc3)C2=O)c1. The lowest BCUT2D eigenvalue weighted by Crippen LogP contribution is -2.54. The Kier molecular flexibility index (Phi) is 5.54. The number of urea groups is 1. The van der Waals surface area contributed by atoms with Crippen LogP contribution in [0.4, 0.5) is 16.2 Å². The van der Waals surface area contributed by atoms with Gasteiger partial charge in [-0.3, -0.25) is 29.8 Å². The third kappa shape index (κ3) is 4.30. The van der Waals surface area contributed by atoms with Crippen molar-refractivity contribution in [2.75, 3.05) is 11.5 Å². The number of hydrogen-bond acceptors (Lipinski definition) is 7. The number of rotatable bonds is 6. The normalized spacial score (nSPS) is 15.1. The summed E-state index contributed by atoms with van der Waals surface area (Å²) in [6.45, 7) is -0.345. The first kappa shape index (κ1) is 20.2. The van der Waals surface area contributed by atoms with Gasteiger partial charge in [0.2, 0.25) is 0 Å². The molecule has 5 amide bonds. The Bertz CT molecular complexity index is 1090. The number of imide groups is 2. The number of nitro benzene ring substituents is 1. The number of carbonyl (C=O) groups excluding carboxylic acids is 4. The number of hydrogen-bond donors (Lipinski definition) is 2. The van der Waals surface area contributed by atoms with Gasteiger partial charge in [-0.25, -0.2) is 9.69 Å². The molecule has 1 fully saturated rings. The van der Waals surface area contributed by atoms with Gasteiger partial charge in [0.25, 0.3) is 23.4 Å². The zero-order valence-electron chi connectivity index (χ0n) is 15.2. The van der Waals surface area contributed by atoms with Gasteiger partial charge >= 0.3 is 6.03 Å². The molecule has 152 valence electrons. The highest BCUT2D eigenvalue weighted by molar-refractivity contribution is 6.39. The zero-order chi connectivity index (χ0) is 21.8. The smallest absolute Gasteiger partial charge is 0.335 e. The Morgan fingerprint density at radius 3 is 2.50 bits per heavy atom. The molecule has 1 heterocycles. The van der Waals surface area contributed by atoms with Crippen LogP contribution in [-0.4, -0.2) is 35.3 Å². The quantitative estimate of drug-likeness (QED) is 0.312. The summed E-state index contributed by atoms with van der Waals surface area (Å²) < 4.78 is 5.18. The van der Waals surface area contributed by atoms with Crippen LogP contribution < -0.4 is 20.7 Å². The van der Waals surface area contributed by atoms with E-state index in [-0.39, 0.29) is 29.3 Å². The molecule has 11 nitrogen and oxygen atoms in total. The van der Waals surface area contributed by atoms with Crippen molar-refractivity contribution in [2.24, 2.45) is 5.73 Å². The van der Waals surface area contributed by atoms with Crippen molar-refractivity contribution in [3.63, 3.8) is 0 Å². The molecule has 2 aromatic carbocycles. The molecule has 11 heteroatoms. The third-order valence-corrected chi connectivity index (χ3v) is 3.97. The topological polar surface area (TPSA) is 162 Å². The highest BCUT2D eigenvalue weighted by atomic mass is 16.6. The molecule has 0 aromatic heterocycles. The lowest BCUT2D eigenvalue weighted by Gasteiger charge is -2.26. The van der Waals surface area contributed by atoms with Gasteiger partial charge in [0.1, 0.15) is 11.3 Å². The van der Waals surface area contributed by atoms with E-state index in [1.165, 1.54) is 24.3 Å². The van der Waals surface area contributed by atoms with Gasteiger partial charge in [-0.1, -0.05) is 12.1 Å². The molecular formula is C19H14N4O7. The van der Waals surface area contributed by atoms with Crippen molar-refractivity contribution < 1.29 is 28.8 Å². The number of nitrogens with zero attached hydrogens (tertiary/aromatic N) is 2. The van der Waals surface area contributed by atoms with Crippen molar-refractivity contribution >= 4 is 41.2 Å². The molecule has 0 radical (unpaired) electrons. The maximum Gasteiger partial charge on any atom is 0.335 e. The summed E-state index contributed by atoms with van der Waals surface area (Å²) in [6.07, 6.45) is 1.25. The molecule has 0 aliphatic carbocycles. The number of benzene rings is 2. The maximum absolute atomic E-state index is 12.8. The van der Waals surface area contributed by atoms with Crippen LogP contribution in [0.3, 0.4) is 0 Å². The molecule has 1 aliphatic heterocycles. The van der Waals surface area contributed by atoms with Gasteiger partial charge in [-0.2, -0.15) is 0 Å². The second kappa shape index (κ2) is 8.22. The van der Waals surface area contributed by atoms with Crippen molar-refractivity contribution in [3.8, 4) is 5.75 Å². The van der Waals surface area contributed by atoms with Gasteiger partial charge in [0, 0.05) is 12.1 Å². The number of nitro groups is 1. The number of non-ortho nitro benzene ring substituents is 1. The van der Waals surface area contributed by atoms with E-state index in [0.29, 0.717) is 10.5 Å². The lowest BCUT2D eigenvalue weighted by atomic mass is 10.1. The Labute approximate surface area is 168 Å². The largest absolute Gasteiger partial charge is 0.484 e. The summed E-state index contributed by atoms with van der Waals surface area (Å²) >= 11 is 0. The minimum Gasteiger partial charge on any atom is -0.484 e. The van der Waals surface area contributed by atoms with Gasteiger partial charge < -0.3 is 10.5 Å². The number of ether oxygens (including phenoxy) is 1. The summed E-state index contributed by atoms with van der Waals surface area (Å²) in [6, 6.07) is 9.93. The fraction of sp³-hybridized carbons (Fsp3) is 0.0526. The average molecular weight is 410 g/mol. The van der Waals surface area contributed by atoms with E-state index in [0.717, 1.165) is 12.1 Å². The lowest BCUT2D eigenvalue weighted by molar-refractivity contribution is -0.384. The molecule has 0 saturated carbocycles. The van der Waals surface area contributed by atoms with Gasteiger partial charge in [-0.15, -0.1) is 0 Å². The standard InChI is InChI=1S/C19H14N4O7/c20-16(24)10-30-14-3-1-2-11(8-14)9-15-17(25)21-19(27)22(18(15)26)12-4-6-13(7-5-12)23(28)29/h1-9H,10H2,(H2,20,24)(H,21,25,27)/b15-9-. The van der Waals surface area contributed by atoms with E-state index in [9.17, 15) is 29.3 Å². The predicted octanol–water partition coefficient (Wildman–Crippen LogP) is 1.13. The number of carbonyl (C=O) groups is 4. The van der Waals surface area contributed by atoms with Crippen molar-refractivity contribution in [1.29, 1.82) is 0 Å². The summed E-state index contributed by atoms with van der Waals surface area (Å²) in [7, 11) is 0. The van der Waals surface area contributed by atoms with Crippen LogP contribution in [0.1, 0.15) is 5.56 Å². The van der Waals surface area contributed by atoms with Crippen LogP contribution >= 0.6 is 0 Å². The zero-order valence-corrected chi connectivity index (χ0v) is 15.2. The predicted molar refractivity (Wildman–Crippen MR) is 103 cm³/mol. The number of nitrogens with one attached hydrogen (secondary N) is 1. The molecular weight excluding hydrogens is 396 g/mol. The van der Waals surface area contributed by atoms with Crippen LogP contribution in [0.2, 0.25) is 0 Å². The van der Waals surface area contributed by atoms with Gasteiger partial charge in [0.05, 0.1) is 10.6 Å². The second-order valence-electron chi connectivity index (χ2n) is 6.06. The first-order chi connectivity index (χ1) is 14.3. The average Bonchev–Trinajstić information content (AvgIpc) is 2.70. The van der Waals surface area contributed by atoms with Crippen LogP contribution in [0.25, 0.3) is 6.08 Å². The van der Waals surface area contributed by atoms with Gasteiger partial charge in [0.15, 0.2) is 6.61 Å². The van der Waals surface area contributed by atoms with Crippen LogP contribution in [0.15, 0.2) is 54.1 Å². The Morgan fingerprint density at radius 2 is 1.87 bits per heavy atom. The van der Waals surface area contributed by atoms with Crippen LogP contribution in [0.5, 0.6) is 5.75 Å². The first-order valence-electron chi connectivity index (χ1n) is 8.43. The molecule has 1 saturated heterocycles. The number of amides is 5. The Hall–Kier alpha value is -4.54. The molecule has 0 spiro atoms. The van der Waals surface area contributed by atoms with E-state index >= 15 is 0 Å². The van der Waals surface area contributed by atoms with Gasteiger partial charge in [-0.05, 0) is 35.9 Å². The highest BCUT2D eigenvalue weighted by Crippen LogP contribution is 2.25. The number of anilines is 1. The van der Waals surface area contributed by atoms with Crippen LogP contribution in [-0.2, 0) is 14.4 Å². The molecule has 1 aliphatic rings. The maximum atomic E-state index is 12.8. The number of nitrogens with two attached hydrogens (primary N) is 1. The molecule has 30 heavy (non-hydrogen) atoms. The molecule has 3 N–H and O–H groups in total. The monoisotopic (exact) mass is 410 g/mol. The first-order valence-corrected chi connectivity index (χ1v) is 8.43. The van der Waals surface area contributed by atoms with E-state index in [2.05, 4.69) is 5.32 Å². The fourth-order valence-corrected chi connectivity index (χ4v) is 2.63. The molecule has 0 atom stereocenters. The summed E-state index contributed by atoms with van der Waals surface area (Å²) in [4.78, 5) is 58.9. The number of barbiturate groups is 1. The third-order valence-electron chi connectivity index (χ3n) is 3.97. The molecule has 3 rings (SSSR count). The second-order valence-corrected chi connectivity index (χ2v) is 6.06. The summed E-state index contributed by atoms with van der Waals surface area (Å²) in [5.41, 5.74) is 4.93. The number of primary amides is 1. The van der Waals surface area contributed by atoms with E-state index in [1.54, 1.807) is 18.2 Å². The molecule has 0 bridgehead atoms. The van der Waals surface area contributed by atoms with Crippen molar-refractivity contribution in [2.45, 2.75) is 0 Å². The van der Waals surface area contributed by atoms with E-state index in [4.69, 9.17) is 10.5 Å². The minimum atomic E-state index is -0.977. The van der Waals surface area contributed by atoms with Crippen molar-refractivity contribution in [1.82, 2.24) is 5.32 Å². The molecule has 2 aromatic rings. The minimum absolute atomic E-state index is 0.0556. The van der Waals surface area contributed by atoms with Crippen molar-refractivity contribution in [3.05, 3.63) is 69.8 Å². The van der Waals surface area contributed by atoms with E-state index < -0.39 is 28.7 Å². The van der Waals surface area contributed by atoms with Crippen LogP contribution in [0, 0.1) is 10.1 Å². The fourth-order valence-electron chi connectivity index (χ4n) is 2.63. The molecule has 0 unspecified atom stereocenters. The summed E-state index contributed by atoms with van der Waals surface area (Å²) in [5, 5.41) is 12.8.